The number of hydrogen-bond acceptors (Lipinski definition) is 3. The van der Waals surface area contributed by atoms with Crippen molar-refractivity contribution in [3.63, 3.8) is 0 Å². The van der Waals surface area contributed by atoms with Crippen LogP contribution in [-0.2, 0) is 0 Å². The maximum absolute atomic E-state index is 12.6. The Morgan fingerprint density at radius 3 is 2.60 bits per heavy atom. The molecule has 5 heteroatoms. The Kier molecular flexibility index (Phi) is 4.14. The van der Waals surface area contributed by atoms with Crippen LogP contribution in [0.25, 0.3) is 5.65 Å². The van der Waals surface area contributed by atoms with Crippen molar-refractivity contribution in [2.24, 2.45) is 0 Å². The van der Waals surface area contributed by atoms with Gasteiger partial charge in [0, 0.05) is 36.9 Å². The van der Waals surface area contributed by atoms with Crippen LogP contribution in [0.5, 0.6) is 0 Å². The fourth-order valence-electron chi connectivity index (χ4n) is 3.42. The first-order chi connectivity index (χ1) is 12.2. The van der Waals surface area contributed by atoms with Crippen molar-refractivity contribution in [1.29, 1.82) is 0 Å². The van der Waals surface area contributed by atoms with Crippen LogP contribution in [0.1, 0.15) is 35.3 Å². The Bertz CT molecular complexity index is 892. The van der Waals surface area contributed by atoms with Gasteiger partial charge >= 0.3 is 0 Å². The van der Waals surface area contributed by atoms with Gasteiger partial charge in [-0.2, -0.15) is 0 Å². The summed E-state index contributed by atoms with van der Waals surface area (Å²) in [5.41, 5.74) is 4.18. The SMILES string of the molecule is Cc1cn2cccc(C(=O)Nc3ccc(N4CCCCC4)cc3)c2n1. The predicted molar refractivity (Wildman–Crippen MR) is 100 cm³/mol. The van der Waals surface area contributed by atoms with Gasteiger partial charge in [-0.1, -0.05) is 0 Å². The summed E-state index contributed by atoms with van der Waals surface area (Å²) < 4.78 is 1.88. The number of nitrogens with one attached hydrogen (secondary N) is 1. The van der Waals surface area contributed by atoms with E-state index >= 15 is 0 Å². The molecule has 1 fully saturated rings. The standard InChI is InChI=1S/C20H22N4O/c1-15-14-24-13-5-6-18(19(24)21-15)20(25)22-16-7-9-17(10-8-16)23-11-3-2-4-12-23/h5-10,13-14H,2-4,11-12H2,1H3,(H,22,25). The molecule has 1 amide bonds. The fourth-order valence-corrected chi connectivity index (χ4v) is 3.42. The molecule has 0 unspecified atom stereocenters. The van der Waals surface area contributed by atoms with E-state index in [9.17, 15) is 4.79 Å². The zero-order valence-electron chi connectivity index (χ0n) is 14.4. The summed E-state index contributed by atoms with van der Waals surface area (Å²) >= 11 is 0. The fraction of sp³-hybridized carbons (Fsp3) is 0.300. The van der Waals surface area contributed by atoms with E-state index in [1.54, 1.807) is 6.07 Å². The van der Waals surface area contributed by atoms with Crippen LogP contribution in [0, 0.1) is 6.92 Å². The minimum absolute atomic E-state index is 0.137. The smallest absolute Gasteiger partial charge is 0.259 e. The molecule has 1 N–H and O–H groups in total. The molecule has 0 saturated carbocycles. The van der Waals surface area contributed by atoms with Gasteiger partial charge < -0.3 is 14.6 Å². The minimum Gasteiger partial charge on any atom is -0.372 e. The lowest BCUT2D eigenvalue weighted by Gasteiger charge is -2.28. The Hall–Kier alpha value is -2.82. The van der Waals surface area contributed by atoms with Crippen LogP contribution in [0.2, 0.25) is 0 Å². The number of rotatable bonds is 3. The average molecular weight is 334 g/mol. The summed E-state index contributed by atoms with van der Waals surface area (Å²) in [4.78, 5) is 19.5. The maximum Gasteiger partial charge on any atom is 0.259 e. The number of nitrogens with zero attached hydrogens (tertiary/aromatic N) is 3. The van der Waals surface area contributed by atoms with Crippen LogP contribution >= 0.6 is 0 Å². The lowest BCUT2D eigenvalue weighted by molar-refractivity contribution is 0.102. The second kappa shape index (κ2) is 6.59. The van der Waals surface area contributed by atoms with E-state index in [-0.39, 0.29) is 5.91 Å². The number of benzene rings is 1. The second-order valence-electron chi connectivity index (χ2n) is 6.58. The zero-order valence-corrected chi connectivity index (χ0v) is 14.4. The van der Waals surface area contributed by atoms with Crippen LogP contribution < -0.4 is 10.2 Å². The van der Waals surface area contributed by atoms with E-state index < -0.39 is 0 Å². The molecule has 0 aliphatic carbocycles. The third-order valence-electron chi connectivity index (χ3n) is 4.69. The lowest BCUT2D eigenvalue weighted by atomic mass is 10.1. The highest BCUT2D eigenvalue weighted by Crippen LogP contribution is 2.22. The summed E-state index contributed by atoms with van der Waals surface area (Å²) in [6.45, 7) is 4.16. The van der Waals surface area contributed by atoms with Gasteiger partial charge in [0.2, 0.25) is 0 Å². The number of carbonyl (C=O) groups is 1. The van der Waals surface area contributed by atoms with Crippen LogP contribution in [-0.4, -0.2) is 28.4 Å². The number of pyridine rings is 1. The van der Waals surface area contributed by atoms with E-state index in [1.807, 2.05) is 41.9 Å². The normalized spacial score (nSPS) is 14.7. The van der Waals surface area contributed by atoms with E-state index in [4.69, 9.17) is 0 Å². The van der Waals surface area contributed by atoms with Gasteiger partial charge in [-0.05, 0) is 62.6 Å². The first kappa shape index (κ1) is 15.7. The molecular weight excluding hydrogens is 312 g/mol. The molecule has 128 valence electrons. The maximum atomic E-state index is 12.6. The molecule has 0 bridgehead atoms. The number of fused-ring (bicyclic) bond motifs is 1. The number of amides is 1. The molecule has 5 nitrogen and oxygen atoms in total. The van der Waals surface area contributed by atoms with Gasteiger partial charge in [-0.15, -0.1) is 0 Å². The molecule has 25 heavy (non-hydrogen) atoms. The summed E-state index contributed by atoms with van der Waals surface area (Å²) in [6, 6.07) is 11.8. The quantitative estimate of drug-likeness (QED) is 0.791. The topological polar surface area (TPSA) is 49.6 Å². The van der Waals surface area contributed by atoms with Crippen LogP contribution in [0.15, 0.2) is 48.8 Å². The Labute approximate surface area is 147 Å². The van der Waals surface area contributed by atoms with Crippen molar-refractivity contribution in [3.05, 3.63) is 60.0 Å². The summed E-state index contributed by atoms with van der Waals surface area (Å²) in [5.74, 6) is -0.137. The van der Waals surface area contributed by atoms with Gasteiger partial charge in [0.15, 0.2) is 0 Å². The number of imidazole rings is 1. The molecule has 0 radical (unpaired) electrons. The third kappa shape index (κ3) is 3.22. The number of carbonyl (C=O) groups excluding carboxylic acids is 1. The molecule has 1 aromatic carbocycles. The minimum atomic E-state index is -0.137. The number of aromatic nitrogens is 2. The van der Waals surface area contributed by atoms with Crippen molar-refractivity contribution in [2.45, 2.75) is 26.2 Å². The largest absolute Gasteiger partial charge is 0.372 e. The van der Waals surface area contributed by atoms with E-state index in [2.05, 4.69) is 27.3 Å². The number of piperidine rings is 1. The molecule has 3 heterocycles. The van der Waals surface area contributed by atoms with Crippen molar-refractivity contribution in [2.75, 3.05) is 23.3 Å². The Balaban J connectivity index is 1.52. The highest BCUT2D eigenvalue weighted by atomic mass is 16.1. The van der Waals surface area contributed by atoms with Gasteiger partial charge in [0.1, 0.15) is 5.65 Å². The van der Waals surface area contributed by atoms with Gasteiger partial charge in [0.05, 0.1) is 11.3 Å². The molecule has 2 aromatic heterocycles. The van der Waals surface area contributed by atoms with Gasteiger partial charge in [-0.3, -0.25) is 4.79 Å². The monoisotopic (exact) mass is 334 g/mol. The summed E-state index contributed by atoms with van der Waals surface area (Å²) in [6.07, 6.45) is 7.65. The molecular formula is C20H22N4O. The molecule has 0 spiro atoms. The van der Waals surface area contributed by atoms with Crippen molar-refractivity contribution in [3.8, 4) is 0 Å². The van der Waals surface area contributed by atoms with Crippen LogP contribution in [0.3, 0.4) is 0 Å². The molecule has 0 atom stereocenters. The van der Waals surface area contributed by atoms with Crippen molar-refractivity contribution < 1.29 is 4.79 Å². The second-order valence-corrected chi connectivity index (χ2v) is 6.58. The van der Waals surface area contributed by atoms with Crippen molar-refractivity contribution in [1.82, 2.24) is 9.38 Å². The predicted octanol–water partition coefficient (Wildman–Crippen LogP) is 3.89. The molecule has 1 aliphatic rings. The number of anilines is 2. The van der Waals surface area contributed by atoms with Crippen molar-refractivity contribution >= 4 is 22.9 Å². The van der Waals surface area contributed by atoms with E-state index in [0.717, 1.165) is 24.5 Å². The van der Waals surface area contributed by atoms with Crippen LogP contribution in [0.4, 0.5) is 11.4 Å². The molecule has 4 rings (SSSR count). The number of hydrogen-bond donors (Lipinski definition) is 1. The number of aryl methyl sites for hydroxylation is 1. The van der Waals surface area contributed by atoms with E-state index in [0.29, 0.717) is 11.2 Å². The Morgan fingerprint density at radius 1 is 1.08 bits per heavy atom. The van der Waals surface area contributed by atoms with Gasteiger partial charge in [0.25, 0.3) is 5.91 Å². The molecule has 3 aromatic rings. The molecule has 1 aliphatic heterocycles. The van der Waals surface area contributed by atoms with Gasteiger partial charge in [-0.25, -0.2) is 4.98 Å². The molecule has 1 saturated heterocycles. The first-order valence-electron chi connectivity index (χ1n) is 8.81. The highest BCUT2D eigenvalue weighted by molar-refractivity contribution is 6.08. The Morgan fingerprint density at radius 2 is 1.84 bits per heavy atom. The summed E-state index contributed by atoms with van der Waals surface area (Å²) in [5, 5.41) is 2.98. The average Bonchev–Trinajstić information content (AvgIpc) is 3.03. The third-order valence-corrected chi connectivity index (χ3v) is 4.69. The lowest BCUT2D eigenvalue weighted by Crippen LogP contribution is -2.29. The highest BCUT2D eigenvalue weighted by Gasteiger charge is 2.14. The first-order valence-corrected chi connectivity index (χ1v) is 8.81. The summed E-state index contributed by atoms with van der Waals surface area (Å²) in [7, 11) is 0. The zero-order chi connectivity index (χ0) is 17.2. The van der Waals surface area contributed by atoms with E-state index in [1.165, 1.54) is 24.9 Å².